The average Bonchev–Trinajstić information content (AvgIpc) is 2.98. The Morgan fingerprint density at radius 2 is 1.70 bits per heavy atom. The van der Waals surface area contributed by atoms with E-state index in [2.05, 4.69) is 25.6 Å². The van der Waals surface area contributed by atoms with Crippen molar-refractivity contribution < 1.29 is 30.5 Å². The molecule has 0 aliphatic rings. The van der Waals surface area contributed by atoms with Crippen molar-refractivity contribution in [3.05, 3.63) is 58.3 Å². The first kappa shape index (κ1) is 19.5. The molecule has 0 amide bonds. The molecule has 1 heterocycles. The third kappa shape index (κ3) is 3.75. The monoisotopic (exact) mass is 464 g/mol. The van der Waals surface area contributed by atoms with Gasteiger partial charge in [0.2, 0.25) is 15.8 Å². The van der Waals surface area contributed by atoms with E-state index in [4.69, 9.17) is 5.14 Å². The Bertz CT molecular complexity index is 1110. The summed E-state index contributed by atoms with van der Waals surface area (Å²) in [5.74, 6) is -3.95. The molecule has 0 saturated carbocycles. The first-order chi connectivity index (χ1) is 12.6. The molecule has 0 radical (unpaired) electrons. The van der Waals surface area contributed by atoms with Gasteiger partial charge in [-0.05, 0) is 29.8 Å². The molecule has 2 aromatic carbocycles. The lowest BCUT2D eigenvalue weighted by Crippen LogP contribution is -2.16. The van der Waals surface area contributed by atoms with Gasteiger partial charge in [0, 0.05) is 10.0 Å². The van der Waals surface area contributed by atoms with E-state index in [1.807, 2.05) is 0 Å². The van der Waals surface area contributed by atoms with Crippen molar-refractivity contribution in [1.82, 2.24) is 5.16 Å². The molecule has 3 aromatic rings. The number of sulfonamides is 1. The van der Waals surface area contributed by atoms with Gasteiger partial charge in [-0.1, -0.05) is 33.2 Å². The van der Waals surface area contributed by atoms with Gasteiger partial charge in [0.1, 0.15) is 17.3 Å². The summed E-state index contributed by atoms with van der Waals surface area (Å²) < 4.78 is 83.0. The third-order valence-corrected chi connectivity index (χ3v) is 5.04. The summed E-state index contributed by atoms with van der Waals surface area (Å²) in [6.45, 7) is 0. The van der Waals surface area contributed by atoms with Crippen molar-refractivity contribution >= 4 is 26.0 Å². The van der Waals surface area contributed by atoms with Crippen LogP contribution < -0.4 is 5.14 Å². The molecule has 0 aliphatic carbocycles. The Labute approximate surface area is 159 Å². The summed E-state index contributed by atoms with van der Waals surface area (Å²) in [5.41, 5.74) is -0.481. The smallest absolute Gasteiger partial charge is 0.298 e. The highest BCUT2D eigenvalue weighted by Gasteiger charge is 2.29. The van der Waals surface area contributed by atoms with Gasteiger partial charge in [-0.15, -0.1) is 0 Å². The fourth-order valence-corrected chi connectivity index (χ4v) is 3.60. The Hall–Kier alpha value is -2.24. The Morgan fingerprint density at radius 1 is 1.07 bits per heavy atom. The van der Waals surface area contributed by atoms with Gasteiger partial charge < -0.3 is 4.52 Å². The highest BCUT2D eigenvalue weighted by Crippen LogP contribution is 2.40. The lowest BCUT2D eigenvalue weighted by molar-refractivity contribution is 0.113. The second-order valence-electron chi connectivity index (χ2n) is 5.40. The summed E-state index contributed by atoms with van der Waals surface area (Å²) in [4.78, 5) is -1.36. The van der Waals surface area contributed by atoms with Crippen LogP contribution in [0.15, 0.2) is 50.3 Å². The Morgan fingerprint density at radius 3 is 2.22 bits per heavy atom. The van der Waals surface area contributed by atoms with E-state index < -0.39 is 38.7 Å². The summed E-state index contributed by atoms with van der Waals surface area (Å²) >= 11 is 3.22. The lowest BCUT2D eigenvalue weighted by Gasteiger charge is -2.08. The first-order valence-corrected chi connectivity index (χ1v) is 9.49. The predicted octanol–water partition coefficient (Wildman–Crippen LogP) is 4.63. The van der Waals surface area contributed by atoms with Gasteiger partial charge in [0.15, 0.2) is 4.90 Å². The highest BCUT2D eigenvalue weighted by molar-refractivity contribution is 9.10. The molecule has 11 heteroatoms. The minimum Gasteiger partial charge on any atom is -0.354 e. The molecule has 142 valence electrons. The molecular weight excluding hydrogens is 456 g/mol. The van der Waals surface area contributed by atoms with Crippen molar-refractivity contribution in [3.8, 4) is 22.4 Å². The van der Waals surface area contributed by atoms with Crippen molar-refractivity contribution in [2.75, 3.05) is 0 Å². The lowest BCUT2D eigenvalue weighted by atomic mass is 9.99. The predicted molar refractivity (Wildman–Crippen MR) is 91.3 cm³/mol. The van der Waals surface area contributed by atoms with E-state index in [1.165, 1.54) is 6.07 Å². The van der Waals surface area contributed by atoms with Crippen molar-refractivity contribution in [2.24, 2.45) is 5.14 Å². The summed E-state index contributed by atoms with van der Waals surface area (Å²) in [5, 5.41) is 8.37. The first-order valence-electron chi connectivity index (χ1n) is 7.15. The standard InChI is InChI=1S/C16H9BrF4N2O3S/c17-9-3-1-2-7(4-9)13-12(14(16(20)21)26-23-13)8-5-10(18)15(11(19)6-8)27(22,24)25/h1-6,16H,(H2,22,24,25). The number of primary sulfonamides is 1. The molecule has 0 unspecified atom stereocenters. The van der Waals surface area contributed by atoms with Crippen LogP contribution in [0.4, 0.5) is 17.6 Å². The van der Waals surface area contributed by atoms with E-state index in [0.717, 1.165) is 0 Å². The van der Waals surface area contributed by atoms with E-state index in [0.29, 0.717) is 22.2 Å². The number of halogens is 5. The maximum Gasteiger partial charge on any atom is 0.298 e. The maximum atomic E-state index is 14.2. The van der Waals surface area contributed by atoms with Crippen LogP contribution in [0.5, 0.6) is 0 Å². The summed E-state index contributed by atoms with van der Waals surface area (Å²) in [6, 6.07) is 7.53. The highest BCUT2D eigenvalue weighted by atomic mass is 79.9. The van der Waals surface area contributed by atoms with Crippen LogP contribution in [0.2, 0.25) is 0 Å². The second-order valence-corrected chi connectivity index (χ2v) is 7.81. The Kier molecular flexibility index (Phi) is 5.10. The van der Waals surface area contributed by atoms with Gasteiger partial charge in [0.05, 0.1) is 5.56 Å². The van der Waals surface area contributed by atoms with Gasteiger partial charge >= 0.3 is 0 Å². The van der Waals surface area contributed by atoms with Gasteiger partial charge in [0.25, 0.3) is 6.43 Å². The second kappa shape index (κ2) is 7.06. The number of hydrogen-bond donors (Lipinski definition) is 1. The van der Waals surface area contributed by atoms with Crippen LogP contribution in [-0.2, 0) is 10.0 Å². The zero-order chi connectivity index (χ0) is 19.9. The van der Waals surface area contributed by atoms with Gasteiger partial charge in [-0.3, -0.25) is 0 Å². The topological polar surface area (TPSA) is 86.2 Å². The number of nitrogens with two attached hydrogens (primary N) is 1. The van der Waals surface area contributed by atoms with E-state index in [1.54, 1.807) is 18.2 Å². The summed E-state index contributed by atoms with van der Waals surface area (Å²) in [7, 11) is -4.69. The van der Waals surface area contributed by atoms with Crippen LogP contribution in [0, 0.1) is 11.6 Å². The fraction of sp³-hybridized carbons (Fsp3) is 0.0625. The molecule has 2 N–H and O–H groups in total. The van der Waals surface area contributed by atoms with Crippen LogP contribution in [0.3, 0.4) is 0 Å². The molecule has 5 nitrogen and oxygen atoms in total. The van der Waals surface area contributed by atoms with Crippen LogP contribution in [0.1, 0.15) is 12.2 Å². The number of aromatic nitrogens is 1. The molecular formula is C16H9BrF4N2O3S. The van der Waals surface area contributed by atoms with E-state index >= 15 is 0 Å². The summed E-state index contributed by atoms with van der Waals surface area (Å²) in [6.07, 6.45) is -3.13. The third-order valence-electron chi connectivity index (χ3n) is 3.59. The number of hydrogen-bond acceptors (Lipinski definition) is 4. The fourth-order valence-electron chi connectivity index (χ4n) is 2.54. The van der Waals surface area contributed by atoms with Crippen LogP contribution in [-0.4, -0.2) is 13.6 Å². The molecule has 3 rings (SSSR count). The molecule has 1 aromatic heterocycles. The zero-order valence-corrected chi connectivity index (χ0v) is 15.5. The minimum absolute atomic E-state index is 0.0891. The van der Waals surface area contributed by atoms with E-state index in [-0.39, 0.29) is 16.8 Å². The molecule has 0 fully saturated rings. The normalized spacial score (nSPS) is 12.0. The SMILES string of the molecule is NS(=O)(=O)c1c(F)cc(-c2c(-c3cccc(Br)c3)noc2C(F)F)cc1F. The molecule has 0 aliphatic heterocycles. The number of alkyl halides is 2. The maximum absolute atomic E-state index is 14.2. The molecule has 0 atom stereocenters. The number of nitrogens with zero attached hydrogens (tertiary/aromatic N) is 1. The number of rotatable bonds is 4. The van der Waals surface area contributed by atoms with Gasteiger partial charge in [-0.25, -0.2) is 31.1 Å². The minimum atomic E-state index is -4.69. The average molecular weight is 465 g/mol. The molecule has 0 spiro atoms. The number of benzene rings is 2. The van der Waals surface area contributed by atoms with Crippen LogP contribution >= 0.6 is 15.9 Å². The van der Waals surface area contributed by atoms with Crippen LogP contribution in [0.25, 0.3) is 22.4 Å². The zero-order valence-electron chi connectivity index (χ0n) is 13.1. The largest absolute Gasteiger partial charge is 0.354 e. The molecule has 0 bridgehead atoms. The Balaban J connectivity index is 2.30. The molecule has 27 heavy (non-hydrogen) atoms. The van der Waals surface area contributed by atoms with Crippen molar-refractivity contribution in [3.63, 3.8) is 0 Å². The molecule has 0 saturated heterocycles. The van der Waals surface area contributed by atoms with Crippen molar-refractivity contribution in [2.45, 2.75) is 11.3 Å². The van der Waals surface area contributed by atoms with Gasteiger partial charge in [-0.2, -0.15) is 0 Å². The van der Waals surface area contributed by atoms with E-state index in [9.17, 15) is 26.0 Å². The van der Waals surface area contributed by atoms with Crippen molar-refractivity contribution in [1.29, 1.82) is 0 Å². The quantitative estimate of drug-likeness (QED) is 0.570.